The summed E-state index contributed by atoms with van der Waals surface area (Å²) in [7, 11) is -2.32. The third-order valence-electron chi connectivity index (χ3n) is 10.0. The molecular formula is C36H50N6O8S. The van der Waals surface area contributed by atoms with Gasteiger partial charge in [-0.1, -0.05) is 33.8 Å². The molecule has 2 unspecified atom stereocenters. The SMILES string of the molecule is C=C[C@@H]1CC1(NC(=O)[C@@H]1CC(Oc2nccc3cc(OC)ccc23)CN1C(=O)[C@@H](NC(=O)NC(C)(C)CC)C(C)(C)C)C(=O)NS(=O)(=O)C1CC1. The number of nitrogens with one attached hydrogen (secondary N) is 4. The van der Waals surface area contributed by atoms with Gasteiger partial charge < -0.3 is 30.3 Å². The maximum Gasteiger partial charge on any atom is 0.315 e. The quantitative estimate of drug-likeness (QED) is 0.225. The topological polar surface area (TPSA) is 185 Å². The molecule has 5 atom stereocenters. The van der Waals surface area contributed by atoms with Gasteiger partial charge in [-0.25, -0.2) is 18.2 Å². The lowest BCUT2D eigenvalue weighted by Crippen LogP contribution is -2.61. The van der Waals surface area contributed by atoms with E-state index in [1.807, 2.05) is 59.7 Å². The Bertz CT molecular complexity index is 1820. The molecule has 0 radical (unpaired) electrons. The van der Waals surface area contributed by atoms with Crippen LogP contribution in [0.25, 0.3) is 10.8 Å². The summed E-state index contributed by atoms with van der Waals surface area (Å²) in [6.45, 7) is 14.9. The standard InChI is InChI=1S/C36H50N6O8S/c1-9-22-19-36(22,32(45)41-51(47,48)25-12-13-25)39-29(43)27-18-24(50-30-26-14-11-23(49-8)17-21(26)15-16-37-30)20-42(27)31(44)28(34(3,4)5)38-33(46)40-35(6,7)10-2/h9,11,14-17,22,24-25,27-28H,1,10,12-13,18-20H2,2-8H3,(H,39,43)(H,41,45)(H2,38,40,46)/t22-,24?,27+,28-,36?/m1/s1. The number of ether oxygens (including phenoxy) is 2. The highest BCUT2D eigenvalue weighted by atomic mass is 32.2. The van der Waals surface area contributed by atoms with E-state index in [1.54, 1.807) is 19.4 Å². The summed E-state index contributed by atoms with van der Waals surface area (Å²) >= 11 is 0. The predicted octanol–water partition coefficient (Wildman–Crippen LogP) is 3.16. The normalized spacial score (nSPS) is 23.9. The number of sulfonamides is 1. The second-order valence-corrected chi connectivity index (χ2v) is 17.5. The second kappa shape index (κ2) is 14.0. The number of hydrogen-bond donors (Lipinski definition) is 4. The van der Waals surface area contributed by atoms with Crippen molar-refractivity contribution in [3.8, 4) is 11.6 Å². The average molecular weight is 727 g/mol. The number of benzene rings is 1. The minimum Gasteiger partial charge on any atom is -0.497 e. The third-order valence-corrected chi connectivity index (χ3v) is 11.9. The van der Waals surface area contributed by atoms with Gasteiger partial charge in [0, 0.05) is 29.5 Å². The van der Waals surface area contributed by atoms with Gasteiger partial charge in [0.2, 0.25) is 27.7 Å². The van der Waals surface area contributed by atoms with Gasteiger partial charge in [-0.3, -0.25) is 19.1 Å². The smallest absolute Gasteiger partial charge is 0.315 e. The molecule has 5 rings (SSSR count). The van der Waals surface area contributed by atoms with Crippen molar-refractivity contribution in [1.29, 1.82) is 0 Å². The maximum absolute atomic E-state index is 14.5. The van der Waals surface area contributed by atoms with Crippen LogP contribution < -0.4 is 30.1 Å². The van der Waals surface area contributed by atoms with E-state index in [0.717, 1.165) is 5.39 Å². The lowest BCUT2D eigenvalue weighted by atomic mass is 9.85. The fraction of sp³-hybridized carbons (Fsp3) is 0.583. The number of rotatable bonds is 13. The summed E-state index contributed by atoms with van der Waals surface area (Å²) in [6, 6.07) is 4.54. The van der Waals surface area contributed by atoms with E-state index in [1.165, 1.54) is 11.0 Å². The molecule has 2 saturated carbocycles. The zero-order valence-electron chi connectivity index (χ0n) is 30.4. The summed E-state index contributed by atoms with van der Waals surface area (Å²) in [5, 5.41) is 9.42. The molecule has 15 heteroatoms. The van der Waals surface area contributed by atoms with Crippen molar-refractivity contribution in [2.75, 3.05) is 13.7 Å². The molecule has 3 fully saturated rings. The van der Waals surface area contributed by atoms with Crippen molar-refractivity contribution >= 4 is 44.5 Å². The van der Waals surface area contributed by atoms with E-state index >= 15 is 0 Å². The summed E-state index contributed by atoms with van der Waals surface area (Å²) in [5.74, 6) is -1.56. The Morgan fingerprint density at radius 2 is 1.84 bits per heavy atom. The van der Waals surface area contributed by atoms with Crippen LogP contribution in [-0.2, 0) is 24.4 Å². The minimum atomic E-state index is -3.89. The molecule has 4 N–H and O–H groups in total. The Balaban J connectivity index is 1.44. The van der Waals surface area contributed by atoms with Crippen LogP contribution in [-0.4, -0.2) is 90.2 Å². The van der Waals surface area contributed by atoms with Crippen LogP contribution in [0.3, 0.4) is 0 Å². The first-order chi connectivity index (χ1) is 23.8. The molecule has 0 spiro atoms. The van der Waals surface area contributed by atoms with Gasteiger partial charge >= 0.3 is 6.03 Å². The zero-order valence-corrected chi connectivity index (χ0v) is 31.2. The lowest BCUT2D eigenvalue weighted by molar-refractivity contribution is -0.142. The van der Waals surface area contributed by atoms with Crippen LogP contribution in [0.5, 0.6) is 11.6 Å². The van der Waals surface area contributed by atoms with Gasteiger partial charge in [-0.05, 0) is 74.6 Å². The number of amides is 5. The third kappa shape index (κ3) is 8.23. The minimum absolute atomic E-state index is 0.0262. The fourth-order valence-electron chi connectivity index (χ4n) is 6.28. The summed E-state index contributed by atoms with van der Waals surface area (Å²) in [4.78, 5) is 61.2. The van der Waals surface area contributed by atoms with Crippen molar-refractivity contribution in [2.24, 2.45) is 11.3 Å². The monoisotopic (exact) mass is 726 g/mol. The van der Waals surface area contributed by atoms with Crippen molar-refractivity contribution in [3.05, 3.63) is 43.1 Å². The molecule has 2 aliphatic carbocycles. The number of carbonyl (C=O) groups excluding carboxylic acids is 4. The number of pyridine rings is 1. The van der Waals surface area contributed by atoms with Crippen LogP contribution in [0.1, 0.15) is 73.6 Å². The van der Waals surface area contributed by atoms with Gasteiger partial charge in [-0.15, -0.1) is 6.58 Å². The first-order valence-electron chi connectivity index (χ1n) is 17.3. The first-order valence-corrected chi connectivity index (χ1v) is 18.9. The Morgan fingerprint density at radius 1 is 1.14 bits per heavy atom. The van der Waals surface area contributed by atoms with E-state index in [9.17, 15) is 27.6 Å². The molecule has 1 aromatic carbocycles. The second-order valence-electron chi connectivity index (χ2n) is 15.5. The highest BCUT2D eigenvalue weighted by Gasteiger charge is 2.62. The fourth-order valence-corrected chi connectivity index (χ4v) is 7.64. The van der Waals surface area contributed by atoms with E-state index in [2.05, 4.69) is 32.2 Å². The number of likely N-dealkylation sites (tertiary alicyclic amines) is 1. The van der Waals surface area contributed by atoms with Crippen LogP contribution in [0.2, 0.25) is 0 Å². The first kappa shape index (κ1) is 37.8. The summed E-state index contributed by atoms with van der Waals surface area (Å²) in [5.41, 5.74) is -2.85. The molecular weight excluding hydrogens is 676 g/mol. The van der Waals surface area contributed by atoms with E-state index in [-0.39, 0.29) is 19.4 Å². The number of carbonyl (C=O) groups is 4. The van der Waals surface area contributed by atoms with Crippen molar-refractivity contribution in [2.45, 2.75) is 108 Å². The van der Waals surface area contributed by atoms with Gasteiger partial charge in [0.1, 0.15) is 29.5 Å². The van der Waals surface area contributed by atoms with E-state index in [0.29, 0.717) is 36.3 Å². The van der Waals surface area contributed by atoms with Crippen molar-refractivity contribution in [3.63, 3.8) is 0 Å². The van der Waals surface area contributed by atoms with Crippen LogP contribution >= 0.6 is 0 Å². The number of methoxy groups -OCH3 is 1. The Kier molecular flexibility index (Phi) is 10.4. The van der Waals surface area contributed by atoms with Crippen LogP contribution in [0.4, 0.5) is 4.79 Å². The molecule has 3 aliphatic rings. The molecule has 5 amide bonds. The summed E-state index contributed by atoms with van der Waals surface area (Å²) < 4.78 is 39.2. The number of urea groups is 1. The molecule has 2 aromatic rings. The summed E-state index contributed by atoms with van der Waals surface area (Å²) in [6.07, 6.45) is 4.16. The largest absolute Gasteiger partial charge is 0.497 e. The number of nitrogens with zero attached hydrogens (tertiary/aromatic N) is 2. The highest BCUT2D eigenvalue weighted by Crippen LogP contribution is 2.45. The maximum atomic E-state index is 14.5. The molecule has 278 valence electrons. The van der Waals surface area contributed by atoms with Crippen LogP contribution in [0, 0.1) is 11.3 Å². The van der Waals surface area contributed by atoms with Gasteiger partial charge in [0.05, 0.1) is 18.9 Å². The Morgan fingerprint density at radius 3 is 2.43 bits per heavy atom. The Hall–Kier alpha value is -4.40. The Labute approximate surface area is 299 Å². The van der Waals surface area contributed by atoms with Crippen molar-refractivity contribution < 1.29 is 37.1 Å². The van der Waals surface area contributed by atoms with Crippen molar-refractivity contribution in [1.82, 2.24) is 30.6 Å². The molecule has 51 heavy (non-hydrogen) atoms. The van der Waals surface area contributed by atoms with E-state index < -0.39 is 79.6 Å². The van der Waals surface area contributed by atoms with Gasteiger partial charge in [0.25, 0.3) is 5.91 Å². The van der Waals surface area contributed by atoms with Crippen LogP contribution in [0.15, 0.2) is 43.1 Å². The number of hydrogen-bond acceptors (Lipinski definition) is 9. The number of fused-ring (bicyclic) bond motifs is 1. The highest BCUT2D eigenvalue weighted by molar-refractivity contribution is 7.91. The molecule has 2 heterocycles. The van der Waals surface area contributed by atoms with Gasteiger partial charge in [-0.2, -0.15) is 0 Å². The zero-order chi connectivity index (χ0) is 37.5. The molecule has 0 bridgehead atoms. The molecule has 1 aromatic heterocycles. The molecule has 1 aliphatic heterocycles. The average Bonchev–Trinajstić information content (AvgIpc) is 3.99. The number of aromatic nitrogens is 1. The predicted molar refractivity (Wildman–Crippen MR) is 191 cm³/mol. The van der Waals surface area contributed by atoms with Gasteiger partial charge in [0.15, 0.2) is 0 Å². The van der Waals surface area contributed by atoms with E-state index in [4.69, 9.17) is 9.47 Å². The molecule has 14 nitrogen and oxygen atoms in total. The lowest BCUT2D eigenvalue weighted by Gasteiger charge is -2.36. The molecule has 1 saturated heterocycles.